The van der Waals surface area contributed by atoms with Gasteiger partial charge in [0.15, 0.2) is 0 Å². The van der Waals surface area contributed by atoms with Crippen molar-refractivity contribution < 1.29 is 91.3 Å². The van der Waals surface area contributed by atoms with Gasteiger partial charge in [0, 0.05) is 0 Å². The molecule has 91 valence electrons. The second-order valence-corrected chi connectivity index (χ2v) is 1.04. The van der Waals surface area contributed by atoms with E-state index in [1.165, 1.54) is 0 Å². The van der Waals surface area contributed by atoms with Crippen LogP contribution in [0.3, 0.4) is 0 Å². The molecule has 1 radical (unpaired) electrons. The summed E-state index contributed by atoms with van der Waals surface area (Å²) >= 11 is 0. The van der Waals surface area contributed by atoms with E-state index in [1.807, 2.05) is 0 Å². The maximum atomic E-state index is 8.90. The quantitative estimate of drug-likeness (QED) is 0.236. The van der Waals surface area contributed by atoms with Crippen molar-refractivity contribution in [2.24, 2.45) is 0 Å². The van der Waals surface area contributed by atoms with Crippen molar-refractivity contribution in [2.45, 2.75) is 0 Å². The van der Waals surface area contributed by atoms with E-state index in [-0.39, 0.29) is 31.1 Å². The number of rotatable bonds is 0. The first kappa shape index (κ1) is 24.1. The van der Waals surface area contributed by atoms with Gasteiger partial charge in [-0.2, -0.15) is 5.26 Å². The monoisotopic (exact) mass is 469 g/mol. The summed E-state index contributed by atoms with van der Waals surface area (Å²) in [5.74, 6) is 0. The summed E-state index contributed by atoms with van der Waals surface area (Å²) in [5, 5.41) is 47.2. The molecule has 0 unspecified atom stereocenters. The van der Waals surface area contributed by atoms with E-state index in [9.17, 15) is 0 Å². The molecule has 0 saturated heterocycles. The summed E-state index contributed by atoms with van der Waals surface area (Å²) in [6.07, 6.45) is -5.54. The van der Waals surface area contributed by atoms with Gasteiger partial charge in [-0.3, -0.25) is 4.89 Å². The average molecular weight is 469 g/mol. The predicted octanol–water partition coefficient (Wildman–Crippen LogP) is -3.27. The molecule has 0 saturated carbocycles. The smallest absolute Gasteiger partial charge is 0.755 e. The van der Waals surface area contributed by atoms with Gasteiger partial charge < -0.3 is 40.4 Å². The molecule has 13 heteroatoms. The summed E-state index contributed by atoms with van der Waals surface area (Å²) in [5.41, 5.74) is 0. The van der Waals surface area contributed by atoms with Crippen molar-refractivity contribution in [3.05, 3.63) is 0 Å². The maximum absolute atomic E-state index is 8.90. The van der Waals surface area contributed by atoms with Crippen molar-refractivity contribution in [2.75, 3.05) is 0 Å². The van der Waals surface area contributed by atoms with Crippen LogP contribution < -0.4 is 15.6 Å². The second-order valence-electron chi connectivity index (χ2n) is 1.04. The zero-order chi connectivity index (χ0) is 12.9. The third-order valence-corrected chi connectivity index (χ3v) is 0.217. The average Bonchev–Trinajstić information content (AvgIpc) is 2.19. The number of carboxylic acid groups (broad SMARTS) is 3. The topological polar surface area (TPSA) is 209 Å². The molecular formula is C3H3O12U. The fourth-order valence-corrected chi connectivity index (χ4v) is 0. The number of hydrogen-bond donors (Lipinski definition) is 3. The molecule has 0 aromatic carbocycles. The molecule has 0 aliphatic heterocycles. The van der Waals surface area contributed by atoms with Crippen LogP contribution in [0.1, 0.15) is 0 Å². The SMILES string of the molecule is O=C(O)OO.O=C(O)O[O-].O=C([O-])O[O-].[U+3]. The second kappa shape index (κ2) is 19.3. The molecule has 0 heterocycles. The summed E-state index contributed by atoms with van der Waals surface area (Å²) in [7, 11) is 0. The Bertz CT molecular complexity index is 155. The van der Waals surface area contributed by atoms with Crippen molar-refractivity contribution in [3.63, 3.8) is 0 Å². The van der Waals surface area contributed by atoms with Crippen LogP contribution in [0, 0.1) is 31.1 Å². The zero-order valence-corrected chi connectivity index (χ0v) is 11.2. The van der Waals surface area contributed by atoms with Crippen LogP contribution >= 0.6 is 0 Å². The van der Waals surface area contributed by atoms with E-state index in [0.29, 0.717) is 0 Å². The summed E-state index contributed by atoms with van der Waals surface area (Å²) in [6.45, 7) is 0. The number of carbonyl (C=O) groups is 3. The standard InChI is InChI=1S/3CH2O4.U/c3*2-1(3)5-4;/h3*4H,(H,2,3);/q;;;+3/p-3. The first-order valence-corrected chi connectivity index (χ1v) is 2.39. The normalized spacial score (nSPS) is 6.19. The van der Waals surface area contributed by atoms with Gasteiger partial charge in [-0.15, -0.1) is 0 Å². The molecule has 12 nitrogen and oxygen atoms in total. The van der Waals surface area contributed by atoms with Gasteiger partial charge in [0.2, 0.25) is 6.16 Å². The van der Waals surface area contributed by atoms with Gasteiger partial charge in [0.1, 0.15) is 0 Å². The molecular weight excluding hydrogens is 466 g/mol. The van der Waals surface area contributed by atoms with Crippen LogP contribution in [0.25, 0.3) is 0 Å². The molecule has 0 aromatic heterocycles. The van der Waals surface area contributed by atoms with Crippen molar-refractivity contribution >= 4 is 18.5 Å². The summed E-state index contributed by atoms with van der Waals surface area (Å²) in [4.78, 5) is 33.8. The Labute approximate surface area is 110 Å². The van der Waals surface area contributed by atoms with Gasteiger partial charge in [0.05, 0.1) is 0 Å². The van der Waals surface area contributed by atoms with Crippen molar-refractivity contribution in [1.82, 2.24) is 0 Å². The number of carbonyl (C=O) groups excluding carboxylic acids is 1. The van der Waals surface area contributed by atoms with E-state index in [1.54, 1.807) is 0 Å². The van der Waals surface area contributed by atoms with Crippen LogP contribution in [-0.4, -0.2) is 33.9 Å². The van der Waals surface area contributed by atoms with E-state index < -0.39 is 18.5 Å². The molecule has 0 spiro atoms. The van der Waals surface area contributed by atoms with Gasteiger partial charge in [0.25, 0.3) is 0 Å². The van der Waals surface area contributed by atoms with Crippen LogP contribution in [0.4, 0.5) is 14.4 Å². The minimum absolute atomic E-state index is 0. The Hall–Kier alpha value is -1.26. The minimum atomic E-state index is -2.05. The molecule has 0 aliphatic carbocycles. The molecule has 0 rings (SSSR count). The van der Waals surface area contributed by atoms with Gasteiger partial charge >= 0.3 is 43.4 Å². The molecule has 0 aromatic rings. The van der Waals surface area contributed by atoms with E-state index in [2.05, 4.69) is 14.7 Å². The Morgan fingerprint density at radius 2 is 1.12 bits per heavy atom. The van der Waals surface area contributed by atoms with E-state index >= 15 is 0 Å². The molecule has 0 aliphatic rings. The Morgan fingerprint density at radius 1 is 0.938 bits per heavy atom. The Morgan fingerprint density at radius 3 is 1.12 bits per heavy atom. The fraction of sp³-hybridized carbons (Fsp3) is 0. The first-order valence-electron chi connectivity index (χ1n) is 2.39. The van der Waals surface area contributed by atoms with Crippen LogP contribution in [-0.2, 0) is 14.7 Å². The zero-order valence-electron chi connectivity index (χ0n) is 7.02. The first-order chi connectivity index (χ1) is 6.81. The third kappa shape index (κ3) is 78.1. The van der Waals surface area contributed by atoms with Crippen LogP contribution in [0.2, 0.25) is 0 Å². The van der Waals surface area contributed by atoms with Crippen molar-refractivity contribution in [1.29, 1.82) is 0 Å². The molecule has 3 N–H and O–H groups in total. The Kier molecular flexibility index (Phi) is 29.2. The van der Waals surface area contributed by atoms with E-state index in [4.69, 9.17) is 45.5 Å². The predicted molar refractivity (Wildman–Crippen MR) is 27.3 cm³/mol. The number of hydrogen-bond acceptors (Lipinski definition) is 10. The molecule has 0 amide bonds. The van der Waals surface area contributed by atoms with E-state index in [0.717, 1.165) is 0 Å². The molecule has 0 bridgehead atoms. The molecule has 0 fully saturated rings. The molecule has 16 heavy (non-hydrogen) atoms. The minimum Gasteiger partial charge on any atom is -0.755 e. The van der Waals surface area contributed by atoms with Gasteiger partial charge in [-0.25, -0.2) is 9.59 Å². The third-order valence-electron chi connectivity index (χ3n) is 0.217. The fourth-order valence-electron chi connectivity index (χ4n) is 0. The largest absolute Gasteiger partial charge is 3.00 e. The molecule has 0 atom stereocenters. The van der Waals surface area contributed by atoms with Gasteiger partial charge in [-0.05, 0) is 0 Å². The van der Waals surface area contributed by atoms with Crippen LogP contribution in [0.15, 0.2) is 0 Å². The van der Waals surface area contributed by atoms with Gasteiger partial charge in [-0.1, -0.05) is 0 Å². The van der Waals surface area contributed by atoms with Crippen molar-refractivity contribution in [3.8, 4) is 0 Å². The maximum Gasteiger partial charge on any atom is 3.00 e. The summed E-state index contributed by atoms with van der Waals surface area (Å²) in [6, 6.07) is 0. The Balaban J connectivity index is -0.0000000655. The van der Waals surface area contributed by atoms with Crippen LogP contribution in [0.5, 0.6) is 0 Å². The summed E-state index contributed by atoms with van der Waals surface area (Å²) < 4.78 is 0.